The van der Waals surface area contributed by atoms with E-state index in [9.17, 15) is 9.59 Å². The average Bonchev–Trinajstić information content (AvgIpc) is 2.55. The molecule has 22 heavy (non-hydrogen) atoms. The van der Waals surface area contributed by atoms with Crippen LogP contribution >= 0.6 is 0 Å². The van der Waals surface area contributed by atoms with Crippen LogP contribution in [-0.4, -0.2) is 24.8 Å². The Morgan fingerprint density at radius 1 is 1.14 bits per heavy atom. The van der Waals surface area contributed by atoms with Gasteiger partial charge in [0.2, 0.25) is 0 Å². The Labute approximate surface area is 129 Å². The van der Waals surface area contributed by atoms with Crippen molar-refractivity contribution in [3.05, 3.63) is 65.2 Å². The third kappa shape index (κ3) is 2.86. The Hall–Kier alpha value is -2.62. The fourth-order valence-electron chi connectivity index (χ4n) is 2.75. The van der Waals surface area contributed by atoms with Gasteiger partial charge in [0, 0.05) is 23.6 Å². The van der Waals surface area contributed by atoms with E-state index in [1.165, 1.54) is 0 Å². The maximum Gasteiger partial charge on any atom is 0.251 e. The van der Waals surface area contributed by atoms with Crippen molar-refractivity contribution < 1.29 is 14.3 Å². The average molecular weight is 295 g/mol. The third-order valence-corrected chi connectivity index (χ3v) is 3.89. The summed E-state index contributed by atoms with van der Waals surface area (Å²) in [5.74, 6) is 0.577. The number of Topliss-reactive ketones (excluding diaryl/α,β-unsaturated/α-hetero) is 1. The molecule has 1 amide bonds. The number of ether oxygens (including phenoxy) is 1. The molecule has 0 bridgehead atoms. The Morgan fingerprint density at radius 2 is 1.91 bits per heavy atom. The van der Waals surface area contributed by atoms with E-state index in [1.54, 1.807) is 25.3 Å². The summed E-state index contributed by atoms with van der Waals surface area (Å²) in [4.78, 5) is 24.5. The molecule has 1 N–H and O–H groups in total. The molecule has 0 saturated carbocycles. The molecule has 0 saturated heterocycles. The number of benzene rings is 2. The van der Waals surface area contributed by atoms with Crippen LogP contribution in [-0.2, 0) is 6.42 Å². The summed E-state index contributed by atoms with van der Waals surface area (Å²) in [6, 6.07) is 14.4. The highest BCUT2D eigenvalue weighted by Crippen LogP contribution is 2.25. The molecule has 0 heterocycles. The molecule has 1 aliphatic carbocycles. The van der Waals surface area contributed by atoms with E-state index in [1.807, 2.05) is 30.3 Å². The lowest BCUT2D eigenvalue weighted by molar-refractivity contribution is 0.0904. The van der Waals surface area contributed by atoms with Gasteiger partial charge in [0.05, 0.1) is 7.11 Å². The van der Waals surface area contributed by atoms with Crippen molar-refractivity contribution >= 4 is 11.7 Å². The normalized spacial score (nSPS) is 16.8. The fraction of sp³-hybridized carbons (Fsp3) is 0.222. The first kappa shape index (κ1) is 14.3. The zero-order valence-electron chi connectivity index (χ0n) is 12.3. The van der Waals surface area contributed by atoms with Gasteiger partial charge >= 0.3 is 0 Å². The van der Waals surface area contributed by atoms with Gasteiger partial charge in [0.25, 0.3) is 5.91 Å². The maximum absolute atomic E-state index is 12.3. The van der Waals surface area contributed by atoms with Crippen molar-refractivity contribution in [3.8, 4) is 5.75 Å². The highest BCUT2D eigenvalue weighted by atomic mass is 16.5. The fourth-order valence-corrected chi connectivity index (χ4v) is 2.75. The molecular weight excluding hydrogens is 278 g/mol. The van der Waals surface area contributed by atoms with Gasteiger partial charge in [0.1, 0.15) is 5.75 Å². The zero-order valence-corrected chi connectivity index (χ0v) is 12.3. The summed E-state index contributed by atoms with van der Waals surface area (Å²) in [5.41, 5.74) is 2.26. The summed E-state index contributed by atoms with van der Waals surface area (Å²) in [7, 11) is 1.58. The summed E-state index contributed by atoms with van der Waals surface area (Å²) in [5, 5.41) is 2.94. The first-order valence-electron chi connectivity index (χ1n) is 7.23. The van der Waals surface area contributed by atoms with E-state index in [4.69, 9.17) is 4.74 Å². The van der Waals surface area contributed by atoms with Gasteiger partial charge in [-0.1, -0.05) is 24.3 Å². The number of nitrogens with one attached hydrogen (secondary N) is 1. The largest absolute Gasteiger partial charge is 0.497 e. The predicted octanol–water partition coefficient (Wildman–Crippen LogP) is 2.62. The van der Waals surface area contributed by atoms with Gasteiger partial charge in [0.15, 0.2) is 5.78 Å². The van der Waals surface area contributed by atoms with Crippen LogP contribution in [0.2, 0.25) is 0 Å². The van der Waals surface area contributed by atoms with Crippen molar-refractivity contribution in [2.24, 2.45) is 0 Å². The van der Waals surface area contributed by atoms with Crippen LogP contribution < -0.4 is 10.1 Å². The van der Waals surface area contributed by atoms with Gasteiger partial charge in [-0.2, -0.15) is 0 Å². The van der Waals surface area contributed by atoms with Gasteiger partial charge < -0.3 is 10.1 Å². The van der Waals surface area contributed by atoms with E-state index in [-0.39, 0.29) is 17.7 Å². The summed E-state index contributed by atoms with van der Waals surface area (Å²) in [6.07, 6.45) is 0.975. The number of amides is 1. The molecule has 3 rings (SSSR count). The lowest BCUT2D eigenvalue weighted by Crippen LogP contribution is -2.40. The maximum atomic E-state index is 12.3. The van der Waals surface area contributed by atoms with Crippen LogP contribution in [0.3, 0.4) is 0 Å². The first-order valence-corrected chi connectivity index (χ1v) is 7.23. The van der Waals surface area contributed by atoms with E-state index >= 15 is 0 Å². The van der Waals surface area contributed by atoms with Crippen LogP contribution in [0.25, 0.3) is 0 Å². The summed E-state index contributed by atoms with van der Waals surface area (Å²) in [6.45, 7) is 0. The smallest absolute Gasteiger partial charge is 0.251 e. The second-order valence-corrected chi connectivity index (χ2v) is 5.39. The van der Waals surface area contributed by atoms with Crippen LogP contribution in [0.5, 0.6) is 5.75 Å². The molecule has 0 unspecified atom stereocenters. The van der Waals surface area contributed by atoms with E-state index in [0.29, 0.717) is 29.7 Å². The molecular formula is C18H17NO3. The summed E-state index contributed by atoms with van der Waals surface area (Å²) >= 11 is 0. The monoisotopic (exact) mass is 295 g/mol. The van der Waals surface area contributed by atoms with Gasteiger partial charge in [-0.3, -0.25) is 9.59 Å². The third-order valence-electron chi connectivity index (χ3n) is 3.89. The van der Waals surface area contributed by atoms with Crippen molar-refractivity contribution in [2.45, 2.75) is 18.9 Å². The predicted molar refractivity (Wildman–Crippen MR) is 83.3 cm³/mol. The SMILES string of the molecule is COc1ccc2c(c1)C(=O)C[C@H](NC(=O)c1ccccc1)C2. The van der Waals surface area contributed by atoms with Crippen LogP contribution in [0.15, 0.2) is 48.5 Å². The number of carbonyl (C=O) groups excluding carboxylic acids is 2. The van der Waals surface area contributed by atoms with Crippen molar-refractivity contribution in [3.63, 3.8) is 0 Å². The van der Waals surface area contributed by atoms with E-state index in [2.05, 4.69) is 5.32 Å². The van der Waals surface area contributed by atoms with Crippen LogP contribution in [0.4, 0.5) is 0 Å². The number of hydrogen-bond acceptors (Lipinski definition) is 3. The van der Waals surface area contributed by atoms with E-state index in [0.717, 1.165) is 5.56 Å². The van der Waals surface area contributed by atoms with Crippen molar-refractivity contribution in [1.29, 1.82) is 0 Å². The number of fused-ring (bicyclic) bond motifs is 1. The quantitative estimate of drug-likeness (QED) is 0.947. The van der Waals surface area contributed by atoms with Crippen molar-refractivity contribution in [1.82, 2.24) is 5.32 Å². The molecule has 0 fully saturated rings. The molecule has 2 aromatic rings. The van der Waals surface area contributed by atoms with E-state index < -0.39 is 0 Å². The molecule has 112 valence electrons. The second kappa shape index (κ2) is 6.02. The molecule has 1 aliphatic rings. The standard InChI is InChI=1S/C18H17NO3/c1-22-15-8-7-13-9-14(10-17(20)16(13)11-15)19-18(21)12-5-3-2-4-6-12/h2-8,11,14H,9-10H2,1H3,(H,19,21)/t14-/m1/s1. The molecule has 0 aliphatic heterocycles. The molecule has 0 aromatic heterocycles. The van der Waals surface area contributed by atoms with Gasteiger partial charge in [-0.25, -0.2) is 0 Å². The summed E-state index contributed by atoms with van der Waals surface area (Å²) < 4.78 is 5.16. The molecule has 1 atom stereocenters. The number of hydrogen-bond donors (Lipinski definition) is 1. The Morgan fingerprint density at radius 3 is 2.64 bits per heavy atom. The van der Waals surface area contributed by atoms with Gasteiger partial charge in [-0.05, 0) is 36.2 Å². The Bertz CT molecular complexity index is 710. The minimum Gasteiger partial charge on any atom is -0.497 e. The van der Waals surface area contributed by atoms with Gasteiger partial charge in [-0.15, -0.1) is 0 Å². The van der Waals surface area contributed by atoms with Crippen LogP contribution in [0, 0.1) is 0 Å². The number of ketones is 1. The lowest BCUT2D eigenvalue weighted by Gasteiger charge is -2.25. The highest BCUT2D eigenvalue weighted by molar-refractivity contribution is 6.00. The first-order chi connectivity index (χ1) is 10.7. The Kier molecular flexibility index (Phi) is 3.92. The van der Waals surface area contributed by atoms with Crippen molar-refractivity contribution in [2.75, 3.05) is 7.11 Å². The number of rotatable bonds is 3. The topological polar surface area (TPSA) is 55.4 Å². The minimum absolute atomic E-state index is 0.0403. The molecule has 4 heteroatoms. The molecule has 0 spiro atoms. The number of methoxy groups -OCH3 is 1. The van der Waals surface area contributed by atoms with Crippen LogP contribution in [0.1, 0.15) is 32.7 Å². The number of carbonyl (C=O) groups is 2. The molecule has 2 aromatic carbocycles. The highest BCUT2D eigenvalue weighted by Gasteiger charge is 2.26. The second-order valence-electron chi connectivity index (χ2n) is 5.39. The minimum atomic E-state index is -0.166. The Balaban J connectivity index is 1.75. The lowest BCUT2D eigenvalue weighted by atomic mass is 9.87. The molecule has 4 nitrogen and oxygen atoms in total. The molecule has 0 radical (unpaired) electrons. The zero-order chi connectivity index (χ0) is 15.5.